The molecular weight excluding hydrogens is 189 g/mol. The van der Waals surface area contributed by atoms with Crippen molar-refractivity contribution in [3.8, 4) is 0 Å². The van der Waals surface area contributed by atoms with Gasteiger partial charge in [-0.2, -0.15) is 0 Å². The number of halogens is 2. The molecule has 0 saturated heterocycles. The Morgan fingerprint density at radius 3 is 2.92 bits per heavy atom. The summed E-state index contributed by atoms with van der Waals surface area (Å²) >= 11 is 5.70. The summed E-state index contributed by atoms with van der Waals surface area (Å²) in [5.41, 5.74) is 0.552. The summed E-state index contributed by atoms with van der Waals surface area (Å²) in [5, 5.41) is 0.531. The maximum atomic E-state index is 13.3. The molecule has 13 heavy (non-hydrogen) atoms. The van der Waals surface area contributed by atoms with Gasteiger partial charge >= 0.3 is 0 Å². The molecule has 0 amide bonds. The zero-order valence-electron chi connectivity index (χ0n) is 7.00. The van der Waals surface area contributed by atoms with Gasteiger partial charge in [0.15, 0.2) is 0 Å². The lowest BCUT2D eigenvalue weighted by molar-refractivity contribution is 0.332. The molecule has 0 saturated carbocycles. The third-order valence-corrected chi connectivity index (χ3v) is 1.94. The van der Waals surface area contributed by atoms with Crippen LogP contribution in [0.15, 0.2) is 24.3 Å². The second-order valence-electron chi connectivity index (χ2n) is 2.69. The molecule has 0 heterocycles. The van der Waals surface area contributed by atoms with Gasteiger partial charge in [-0.15, -0.1) is 0 Å². The van der Waals surface area contributed by atoms with Crippen molar-refractivity contribution < 1.29 is 4.39 Å². The van der Waals surface area contributed by atoms with Gasteiger partial charge in [0.2, 0.25) is 6.54 Å². The van der Waals surface area contributed by atoms with E-state index in [9.17, 15) is 4.39 Å². The molecule has 0 fully saturated rings. The second-order valence-corrected chi connectivity index (χ2v) is 3.13. The van der Waals surface area contributed by atoms with Crippen molar-refractivity contribution in [1.82, 2.24) is 0 Å². The molecule has 0 N–H and O–H groups in total. The maximum absolute atomic E-state index is 13.3. The predicted molar refractivity (Wildman–Crippen MR) is 51.4 cm³/mol. The highest BCUT2D eigenvalue weighted by Gasteiger charge is 2.10. The summed E-state index contributed by atoms with van der Waals surface area (Å²) in [4.78, 5) is 3.10. The van der Waals surface area contributed by atoms with Crippen LogP contribution in [0.25, 0.3) is 4.85 Å². The summed E-state index contributed by atoms with van der Waals surface area (Å²) in [6.07, 6.45) is -0.836. The Morgan fingerprint density at radius 1 is 1.54 bits per heavy atom. The van der Waals surface area contributed by atoms with Crippen molar-refractivity contribution in [1.29, 1.82) is 0 Å². The van der Waals surface area contributed by atoms with E-state index in [1.807, 2.05) is 0 Å². The molecule has 1 nitrogen and oxygen atoms in total. The Labute approximate surface area is 82.0 Å². The van der Waals surface area contributed by atoms with Gasteiger partial charge in [-0.3, -0.25) is 0 Å². The second kappa shape index (κ2) is 4.84. The van der Waals surface area contributed by atoms with E-state index in [-0.39, 0.29) is 13.0 Å². The third-order valence-electron chi connectivity index (χ3n) is 1.70. The van der Waals surface area contributed by atoms with Crippen LogP contribution in [0.5, 0.6) is 0 Å². The van der Waals surface area contributed by atoms with Crippen molar-refractivity contribution in [3.63, 3.8) is 0 Å². The Bertz CT molecular complexity index is 319. The lowest BCUT2D eigenvalue weighted by Crippen LogP contribution is -1.93. The monoisotopic (exact) mass is 197 g/mol. The molecule has 1 aromatic carbocycles. The van der Waals surface area contributed by atoms with Crippen molar-refractivity contribution >= 4 is 11.6 Å². The third kappa shape index (κ3) is 3.04. The molecule has 1 rings (SSSR count). The van der Waals surface area contributed by atoms with Crippen LogP contribution >= 0.6 is 11.6 Å². The van der Waals surface area contributed by atoms with Gasteiger partial charge in [-0.1, -0.05) is 23.7 Å². The molecule has 0 radical (unpaired) electrons. The maximum Gasteiger partial charge on any atom is 0.217 e. The summed E-state index contributed by atoms with van der Waals surface area (Å²) in [5.74, 6) is 0. The van der Waals surface area contributed by atoms with Gasteiger partial charge in [0.05, 0.1) is 6.42 Å². The van der Waals surface area contributed by atoms with Gasteiger partial charge in [0.25, 0.3) is 0 Å². The van der Waals surface area contributed by atoms with Gasteiger partial charge in [0, 0.05) is 5.02 Å². The predicted octanol–water partition coefficient (Wildman–Crippen LogP) is 3.66. The number of alkyl halides is 1. The van der Waals surface area contributed by atoms with Gasteiger partial charge in [0.1, 0.15) is 6.17 Å². The Morgan fingerprint density at radius 2 is 2.31 bits per heavy atom. The first-order valence-corrected chi connectivity index (χ1v) is 4.34. The Kier molecular flexibility index (Phi) is 3.72. The minimum atomic E-state index is -1.08. The van der Waals surface area contributed by atoms with Crippen LogP contribution in [0, 0.1) is 6.57 Å². The first kappa shape index (κ1) is 10.0. The standard InChI is InChI=1S/C10H9ClFN/c1-13-6-5-10(12)8-3-2-4-9(11)7-8/h2-4,7,10H,5-6H2. The van der Waals surface area contributed by atoms with Crippen LogP contribution in [0.1, 0.15) is 18.2 Å². The quantitative estimate of drug-likeness (QED) is 0.652. The van der Waals surface area contributed by atoms with Crippen LogP contribution in [-0.2, 0) is 0 Å². The number of benzene rings is 1. The van der Waals surface area contributed by atoms with Crippen LogP contribution in [0.4, 0.5) is 4.39 Å². The molecular formula is C10H9ClFN. The van der Waals surface area contributed by atoms with Gasteiger partial charge in [-0.05, 0) is 17.7 Å². The average molecular weight is 198 g/mol. The summed E-state index contributed by atoms with van der Waals surface area (Å²) in [6, 6.07) is 6.69. The lowest BCUT2D eigenvalue weighted by atomic mass is 10.1. The summed E-state index contributed by atoms with van der Waals surface area (Å²) in [7, 11) is 0. The first-order valence-electron chi connectivity index (χ1n) is 3.97. The summed E-state index contributed by atoms with van der Waals surface area (Å²) in [6.45, 7) is 6.75. The molecule has 0 aliphatic carbocycles. The topological polar surface area (TPSA) is 4.36 Å². The highest BCUT2D eigenvalue weighted by Crippen LogP contribution is 2.23. The van der Waals surface area contributed by atoms with Crippen LogP contribution in [0.2, 0.25) is 5.02 Å². The van der Waals surface area contributed by atoms with E-state index < -0.39 is 6.17 Å². The minimum absolute atomic E-state index is 0.216. The van der Waals surface area contributed by atoms with Crippen molar-refractivity contribution in [2.45, 2.75) is 12.6 Å². The normalized spacial score (nSPS) is 12.1. The summed E-state index contributed by atoms with van der Waals surface area (Å²) < 4.78 is 13.3. The fraction of sp³-hybridized carbons (Fsp3) is 0.300. The van der Waals surface area contributed by atoms with E-state index in [0.29, 0.717) is 10.6 Å². The van der Waals surface area contributed by atoms with Crippen molar-refractivity contribution in [2.24, 2.45) is 0 Å². The van der Waals surface area contributed by atoms with E-state index in [1.54, 1.807) is 24.3 Å². The molecule has 0 aromatic heterocycles. The number of nitrogens with zero attached hydrogens (tertiary/aromatic N) is 1. The SMILES string of the molecule is [C-]#[N+]CCC(F)c1cccc(Cl)c1. The largest absolute Gasteiger partial charge is 0.317 e. The van der Waals surface area contributed by atoms with E-state index in [0.717, 1.165) is 0 Å². The molecule has 1 atom stereocenters. The lowest BCUT2D eigenvalue weighted by Gasteiger charge is -2.04. The zero-order valence-corrected chi connectivity index (χ0v) is 7.76. The van der Waals surface area contributed by atoms with Gasteiger partial charge < -0.3 is 4.85 Å². The fourth-order valence-corrected chi connectivity index (χ4v) is 1.24. The molecule has 68 valence electrons. The Balaban J connectivity index is 2.66. The van der Waals surface area contributed by atoms with Crippen molar-refractivity contribution in [3.05, 3.63) is 46.3 Å². The zero-order chi connectivity index (χ0) is 9.68. The minimum Gasteiger partial charge on any atom is -0.317 e. The van der Waals surface area contributed by atoms with E-state index >= 15 is 0 Å². The number of rotatable bonds is 3. The number of hydrogen-bond donors (Lipinski definition) is 0. The van der Waals surface area contributed by atoms with Crippen molar-refractivity contribution in [2.75, 3.05) is 6.54 Å². The number of hydrogen-bond acceptors (Lipinski definition) is 0. The highest BCUT2D eigenvalue weighted by molar-refractivity contribution is 6.30. The van der Waals surface area contributed by atoms with E-state index in [1.165, 1.54) is 0 Å². The van der Waals surface area contributed by atoms with Crippen LogP contribution in [-0.4, -0.2) is 6.54 Å². The average Bonchev–Trinajstić information content (AvgIpc) is 2.14. The molecule has 0 aliphatic rings. The molecule has 0 bridgehead atoms. The fourth-order valence-electron chi connectivity index (χ4n) is 1.05. The van der Waals surface area contributed by atoms with Crippen LogP contribution in [0.3, 0.4) is 0 Å². The Hall–Kier alpha value is -1.07. The van der Waals surface area contributed by atoms with Crippen LogP contribution < -0.4 is 0 Å². The molecule has 3 heteroatoms. The first-order chi connectivity index (χ1) is 6.24. The smallest absolute Gasteiger partial charge is 0.217 e. The molecule has 0 aliphatic heterocycles. The van der Waals surface area contributed by atoms with E-state index in [4.69, 9.17) is 18.2 Å². The molecule has 1 unspecified atom stereocenters. The molecule has 0 spiro atoms. The molecule has 1 aromatic rings. The highest BCUT2D eigenvalue weighted by atomic mass is 35.5. The van der Waals surface area contributed by atoms with E-state index in [2.05, 4.69) is 4.85 Å². The van der Waals surface area contributed by atoms with Gasteiger partial charge in [-0.25, -0.2) is 11.0 Å².